The van der Waals surface area contributed by atoms with E-state index in [2.05, 4.69) is 128 Å². The van der Waals surface area contributed by atoms with E-state index in [1.807, 2.05) is 91.8 Å². The van der Waals surface area contributed by atoms with Gasteiger partial charge in [-0.25, -0.2) is 29.5 Å². The molecule has 10 aliphatic rings. The number of carbonyl (C=O) groups is 10. The number of nitrogens with two attached hydrogens (primary N) is 2. The number of nitrogen functional groups attached to an aromatic ring is 2. The van der Waals surface area contributed by atoms with Gasteiger partial charge in [0.25, 0.3) is 0 Å². The molecule has 3 atom stereocenters. The SMILES string of the molecule is Br.CC.CC(C)(C)CC(=O)N1CC[C@H](C(=O)Nc2nc3c(s2)CN(C(=O)OCC2c4ccccc4-c4ccccc42)CC3)C1=O.CC(C)(C)CC(=O)N1CC[C@H](C(=O)Nc2nc3c(s2)CNCC3)C1=O.Nc1nc2c(s1)CN(C(=O)OCC1c3ccccc3-c3ccccc31)CC2.Nc1nc2c(s1)CNCC2.O=C1CCNCC1.O=C1CCNCC1Br. The Kier molecular flexibility index (Phi) is 33.0. The van der Waals surface area contributed by atoms with Gasteiger partial charge in [0.15, 0.2) is 20.5 Å². The number of Topliss-reactive ketones (excluding diaryl/α,β-unsaturated/α-hetero) is 2. The van der Waals surface area contributed by atoms with Gasteiger partial charge in [0.2, 0.25) is 35.4 Å². The molecule has 122 heavy (non-hydrogen) atoms. The first-order valence-electron chi connectivity index (χ1n) is 41.6. The number of nitrogens with one attached hydrogen (secondary N) is 6. The van der Waals surface area contributed by atoms with Crippen molar-refractivity contribution in [3.63, 3.8) is 0 Å². The van der Waals surface area contributed by atoms with E-state index in [4.69, 9.17) is 20.9 Å². The molecular formula is C88H110Br2N16O12S4. The summed E-state index contributed by atoms with van der Waals surface area (Å²) in [5.74, 6) is -3.03. The number of halogens is 2. The van der Waals surface area contributed by atoms with Crippen LogP contribution in [0.3, 0.4) is 0 Å². The number of rotatable bonds is 10. The van der Waals surface area contributed by atoms with E-state index >= 15 is 0 Å². The lowest BCUT2D eigenvalue weighted by Gasteiger charge is -2.26. The molecule has 0 spiro atoms. The molecule has 8 aliphatic heterocycles. The average molecular weight is 1870 g/mol. The van der Waals surface area contributed by atoms with Gasteiger partial charge in [-0.3, -0.25) is 48.2 Å². The molecule has 1 unspecified atom stereocenters. The quantitative estimate of drug-likeness (QED) is 0.0466. The molecule has 0 bridgehead atoms. The first-order chi connectivity index (χ1) is 58.1. The van der Waals surface area contributed by atoms with Crippen LogP contribution in [0.25, 0.3) is 22.3 Å². The number of alkyl halides is 1. The van der Waals surface area contributed by atoms with Gasteiger partial charge in [-0.05, 0) is 68.2 Å². The van der Waals surface area contributed by atoms with Crippen molar-refractivity contribution < 1.29 is 57.4 Å². The lowest BCUT2D eigenvalue weighted by atomic mass is 9.91. The van der Waals surface area contributed by atoms with Gasteiger partial charge < -0.3 is 62.6 Å². The highest BCUT2D eigenvalue weighted by atomic mass is 79.9. The number of hydrogen-bond acceptors (Lipinski definition) is 26. The Balaban J connectivity index is 0.000000157. The van der Waals surface area contributed by atoms with Crippen molar-refractivity contribution in [2.24, 2.45) is 22.7 Å². The van der Waals surface area contributed by atoms with Crippen molar-refractivity contribution in [3.8, 4) is 22.3 Å². The molecule has 8 amide bonds. The fourth-order valence-corrected chi connectivity index (χ4v) is 19.9. The van der Waals surface area contributed by atoms with Gasteiger partial charge in [0.1, 0.15) is 36.6 Å². The van der Waals surface area contributed by atoms with Crippen LogP contribution in [-0.4, -0.2) is 182 Å². The number of thiazole rings is 4. The number of likely N-dealkylation sites (tertiary alicyclic amines) is 2. The summed E-state index contributed by atoms with van der Waals surface area (Å²) in [4.78, 5) is 150. The van der Waals surface area contributed by atoms with Gasteiger partial charge in [-0.1, -0.05) is 180 Å². The molecule has 28 nitrogen and oxygen atoms in total. The fraction of sp³-hybridized carbons (Fsp3) is 0.477. The summed E-state index contributed by atoms with van der Waals surface area (Å²) in [5, 5.41) is 20.5. The largest absolute Gasteiger partial charge is 0.448 e. The van der Waals surface area contributed by atoms with E-state index < -0.39 is 29.6 Å². The number of hydrogen-bond donors (Lipinski definition) is 8. The molecule has 4 fully saturated rings. The zero-order valence-electron chi connectivity index (χ0n) is 70.3. The van der Waals surface area contributed by atoms with E-state index in [9.17, 15) is 47.9 Å². The van der Waals surface area contributed by atoms with Crippen LogP contribution >= 0.6 is 78.3 Å². The van der Waals surface area contributed by atoms with Crippen LogP contribution in [0.4, 0.5) is 30.1 Å². The second kappa shape index (κ2) is 43.0. The van der Waals surface area contributed by atoms with Gasteiger partial charge >= 0.3 is 12.2 Å². The van der Waals surface area contributed by atoms with Gasteiger partial charge in [0.05, 0.1) is 40.7 Å². The first kappa shape index (κ1) is 93.6. The Morgan fingerprint density at radius 1 is 0.475 bits per heavy atom. The Labute approximate surface area is 746 Å². The van der Waals surface area contributed by atoms with Gasteiger partial charge in [-0.15, -0.1) is 51.0 Å². The smallest absolute Gasteiger partial charge is 0.410 e. The van der Waals surface area contributed by atoms with E-state index in [0.29, 0.717) is 104 Å². The third kappa shape index (κ3) is 24.1. The van der Waals surface area contributed by atoms with Crippen molar-refractivity contribution >= 4 is 158 Å². The molecule has 2 aliphatic carbocycles. The summed E-state index contributed by atoms with van der Waals surface area (Å²) >= 11 is 9.03. The molecule has 4 aromatic carbocycles. The molecular weight excluding hydrogens is 1760 g/mol. The molecule has 0 radical (unpaired) electrons. The molecule has 10 N–H and O–H groups in total. The Morgan fingerprint density at radius 3 is 1.21 bits per heavy atom. The average Bonchev–Trinajstić information content (AvgIpc) is 1.61. The number of ether oxygens (including phenoxy) is 2. The first-order valence-corrected chi connectivity index (χ1v) is 45.7. The second-order valence-electron chi connectivity index (χ2n) is 33.0. The van der Waals surface area contributed by atoms with E-state index in [-0.39, 0.29) is 94.0 Å². The highest BCUT2D eigenvalue weighted by Crippen LogP contribution is 2.47. The summed E-state index contributed by atoms with van der Waals surface area (Å²) < 4.78 is 11.6. The zero-order chi connectivity index (χ0) is 86.2. The molecule has 18 rings (SSSR count). The fourth-order valence-electron chi connectivity index (χ4n) is 15.7. The number of fused-ring (bicyclic) bond motifs is 10. The lowest BCUT2D eigenvalue weighted by molar-refractivity contribution is -0.147. The van der Waals surface area contributed by atoms with Crippen LogP contribution < -0.4 is 43.4 Å². The molecule has 8 aromatic rings. The summed E-state index contributed by atoms with van der Waals surface area (Å²) in [6.07, 6.45) is 5.85. The summed E-state index contributed by atoms with van der Waals surface area (Å²) in [7, 11) is 0. The lowest BCUT2D eigenvalue weighted by Crippen LogP contribution is -2.38. The maximum atomic E-state index is 13.1. The minimum atomic E-state index is -0.910. The Hall–Kier alpha value is -9.10. The molecule has 12 heterocycles. The zero-order valence-corrected chi connectivity index (χ0v) is 76.8. The third-order valence-electron chi connectivity index (χ3n) is 21.7. The monoisotopic (exact) mass is 1870 g/mol. The summed E-state index contributed by atoms with van der Waals surface area (Å²) in [5.41, 5.74) is 24.5. The number of piperidine rings is 2. The number of aromatic nitrogens is 4. The highest BCUT2D eigenvalue weighted by Gasteiger charge is 2.44. The van der Waals surface area contributed by atoms with Crippen LogP contribution in [0.5, 0.6) is 0 Å². The van der Waals surface area contributed by atoms with Crippen LogP contribution in [-0.2, 0) is 99.7 Å². The number of benzene rings is 4. The molecule has 4 saturated heterocycles. The van der Waals surface area contributed by atoms with Crippen molar-refractivity contribution in [3.05, 3.63) is 162 Å². The number of nitrogens with zero attached hydrogens (tertiary/aromatic N) is 8. The van der Waals surface area contributed by atoms with E-state index in [1.54, 1.807) is 21.1 Å². The maximum absolute atomic E-state index is 13.1. The predicted octanol–water partition coefficient (Wildman–Crippen LogP) is 13.0. The van der Waals surface area contributed by atoms with Crippen LogP contribution in [0.15, 0.2) is 97.1 Å². The van der Waals surface area contributed by atoms with Crippen LogP contribution in [0, 0.1) is 22.7 Å². The second-order valence-corrected chi connectivity index (χ2v) is 38.5. The number of amides is 8. The van der Waals surface area contributed by atoms with E-state index in [0.717, 1.165) is 127 Å². The van der Waals surface area contributed by atoms with Gasteiger partial charge in [-0.2, -0.15) is 0 Å². The maximum Gasteiger partial charge on any atom is 0.410 e. The van der Waals surface area contributed by atoms with Crippen molar-refractivity contribution in [1.29, 1.82) is 0 Å². The standard InChI is InChI=1S/C32H34N4O5S.C21H19N3O2S.C17H24N4O3S.C6H9N3S.C5H8BrNO.C5H9NO.C2H6.BrH/c1-32(2,3)16-27(37)36-15-12-23(29(36)39)28(38)34-30-33-25-13-14-35(17-26(25)42-30)31(40)41-18-24-21-10-6-4-8-19(21)20-9-5-7-11-22(20)24;22-20-23-18-9-10-24(11-19(18)27-20)21(25)26-12-17-15-7-3-1-5-13(15)14-6-2-4-8-16(14)17;1-17(2,3)8-13(22)21-7-5-10(15(21)24)14(23)20-16-19-11-4-6-18-9-12(11)25-16;7-6-9-4-1-2-8-3-5(4)10-6;6-4-3-7-2-1-5(4)8;7-5-1-3-6-4-2-5;1-2;/h4-11,23-24H,12-18H2,1-3H3,(H,33,34,38);1-8,17H,9-12H2,(H2,22,23);10,18H,4-9H2,1-3H3,(H,19,20,23);8H,1-3H2,(H2,7,9);4,7H,1-3H2;6H,1-4H2;1-2H3;1H/t23-;;10-;;;;;/m1.1...../s1. The molecule has 0 saturated carbocycles. The Morgan fingerprint density at radius 2 is 0.836 bits per heavy atom. The van der Waals surface area contributed by atoms with Crippen molar-refractivity contribution in [2.45, 2.75) is 169 Å². The van der Waals surface area contributed by atoms with Crippen LogP contribution in [0.1, 0.15) is 177 Å². The predicted molar refractivity (Wildman–Crippen MR) is 486 cm³/mol. The minimum Gasteiger partial charge on any atom is -0.448 e. The van der Waals surface area contributed by atoms with Crippen molar-refractivity contribution in [1.82, 2.24) is 60.8 Å². The van der Waals surface area contributed by atoms with E-state index in [1.165, 1.54) is 87.8 Å². The topological polar surface area (TPSA) is 378 Å². The third-order valence-corrected chi connectivity index (χ3v) is 26.4. The summed E-state index contributed by atoms with van der Waals surface area (Å²) in [6.45, 7) is 25.8. The summed E-state index contributed by atoms with van der Waals surface area (Å²) in [6, 6.07) is 33.2. The highest BCUT2D eigenvalue weighted by molar-refractivity contribution is 9.10. The molecule has 4 aromatic heterocycles. The number of imide groups is 2. The number of anilines is 4. The number of ketones is 2. The Bertz CT molecular complexity index is 4950. The minimum absolute atomic E-state index is 0. The normalized spacial score (nSPS) is 18.5. The number of carbonyl (C=O) groups excluding carboxylic acids is 10. The molecule has 652 valence electrons. The van der Waals surface area contributed by atoms with Crippen molar-refractivity contribution in [2.75, 3.05) is 101 Å². The van der Waals surface area contributed by atoms with Crippen LogP contribution in [0.2, 0.25) is 0 Å². The molecule has 34 heteroatoms. The van der Waals surface area contributed by atoms with Gasteiger partial charge in [0, 0.05) is 168 Å².